The normalized spacial score (nSPS) is 20.4. The first kappa shape index (κ1) is 20.7. The molecule has 0 spiro atoms. The maximum absolute atomic E-state index is 12.3. The van der Waals surface area contributed by atoms with Crippen LogP contribution in [0.15, 0.2) is 24.3 Å². The molecule has 0 aliphatic carbocycles. The third-order valence-corrected chi connectivity index (χ3v) is 5.35. The summed E-state index contributed by atoms with van der Waals surface area (Å²) in [7, 11) is 1.56. The van der Waals surface area contributed by atoms with Gasteiger partial charge in [-0.25, -0.2) is 0 Å². The third-order valence-electron chi connectivity index (χ3n) is 5.35. The number of benzene rings is 1. The van der Waals surface area contributed by atoms with Crippen LogP contribution in [0.5, 0.6) is 5.75 Å². The van der Waals surface area contributed by atoms with Gasteiger partial charge in [-0.1, -0.05) is 13.8 Å². The topological polar surface area (TPSA) is 50.8 Å². The summed E-state index contributed by atoms with van der Waals surface area (Å²) in [6, 6.07) is 7.53. The van der Waals surface area contributed by atoms with E-state index in [1.807, 2.05) is 31.2 Å². The van der Waals surface area contributed by atoms with Crippen LogP contribution >= 0.6 is 0 Å². The number of piperidine rings is 1. The van der Waals surface area contributed by atoms with E-state index in [2.05, 4.69) is 17.1 Å². The van der Waals surface area contributed by atoms with Crippen LogP contribution in [0.3, 0.4) is 0 Å². The zero-order valence-electron chi connectivity index (χ0n) is 16.7. The van der Waals surface area contributed by atoms with E-state index in [0.717, 1.165) is 30.3 Å². The van der Waals surface area contributed by atoms with Crippen molar-refractivity contribution in [3.63, 3.8) is 0 Å². The highest BCUT2D eigenvalue weighted by atomic mass is 16.5. The van der Waals surface area contributed by atoms with E-state index in [0.29, 0.717) is 13.0 Å². The Morgan fingerprint density at radius 1 is 1.35 bits per heavy atom. The molecular weight excluding hydrogens is 328 g/mol. The summed E-state index contributed by atoms with van der Waals surface area (Å²) in [5, 5.41) is 2.90. The number of hydrogen-bond acceptors (Lipinski definition) is 4. The Bertz CT molecular complexity index is 555. The number of amides is 1. The van der Waals surface area contributed by atoms with E-state index in [1.165, 1.54) is 25.9 Å². The van der Waals surface area contributed by atoms with Crippen molar-refractivity contribution in [3.05, 3.63) is 24.3 Å². The molecule has 1 aliphatic rings. The van der Waals surface area contributed by atoms with Crippen molar-refractivity contribution in [2.75, 3.05) is 38.7 Å². The number of anilines is 1. The van der Waals surface area contributed by atoms with Crippen LogP contribution in [-0.4, -0.2) is 49.8 Å². The van der Waals surface area contributed by atoms with Gasteiger partial charge >= 0.3 is 0 Å². The average Bonchev–Trinajstić information content (AvgIpc) is 2.66. The number of likely N-dealkylation sites (tertiary alicyclic amines) is 1. The number of carbonyl (C=O) groups is 1. The predicted molar refractivity (Wildman–Crippen MR) is 106 cm³/mol. The highest BCUT2D eigenvalue weighted by Gasteiger charge is 2.30. The molecule has 2 atom stereocenters. The van der Waals surface area contributed by atoms with E-state index >= 15 is 0 Å². The van der Waals surface area contributed by atoms with Crippen molar-refractivity contribution in [1.82, 2.24) is 4.90 Å². The van der Waals surface area contributed by atoms with Gasteiger partial charge in [0.1, 0.15) is 11.4 Å². The second-order valence-electron chi connectivity index (χ2n) is 7.52. The largest absolute Gasteiger partial charge is 0.494 e. The minimum Gasteiger partial charge on any atom is -0.494 e. The van der Waals surface area contributed by atoms with Gasteiger partial charge in [0.05, 0.1) is 6.61 Å². The molecule has 1 aliphatic heterocycles. The van der Waals surface area contributed by atoms with Crippen molar-refractivity contribution in [3.8, 4) is 5.75 Å². The van der Waals surface area contributed by atoms with Gasteiger partial charge in [0.2, 0.25) is 0 Å². The molecular formula is C21H34N2O3. The molecule has 0 saturated carbocycles. The van der Waals surface area contributed by atoms with Crippen LogP contribution in [0, 0.1) is 5.92 Å². The summed E-state index contributed by atoms with van der Waals surface area (Å²) >= 11 is 0. The smallest absolute Gasteiger partial charge is 0.256 e. The minimum atomic E-state index is -0.804. The monoisotopic (exact) mass is 362 g/mol. The molecule has 5 nitrogen and oxygen atoms in total. The summed E-state index contributed by atoms with van der Waals surface area (Å²) in [6.07, 6.45) is 4.33. The van der Waals surface area contributed by atoms with E-state index in [-0.39, 0.29) is 5.91 Å². The maximum atomic E-state index is 12.3. The van der Waals surface area contributed by atoms with E-state index in [9.17, 15) is 4.79 Å². The molecule has 2 rings (SSSR count). The second kappa shape index (κ2) is 9.93. The fraction of sp³-hybridized carbons (Fsp3) is 0.667. The zero-order chi connectivity index (χ0) is 19.0. The van der Waals surface area contributed by atoms with Crippen LogP contribution in [0.25, 0.3) is 0 Å². The van der Waals surface area contributed by atoms with Gasteiger partial charge in [0, 0.05) is 25.9 Å². The van der Waals surface area contributed by atoms with Crippen LogP contribution in [-0.2, 0) is 9.53 Å². The molecule has 0 unspecified atom stereocenters. The molecule has 0 aromatic heterocycles. The van der Waals surface area contributed by atoms with E-state index < -0.39 is 5.60 Å². The molecule has 0 bridgehead atoms. The Labute approximate surface area is 158 Å². The molecule has 1 saturated heterocycles. The first-order valence-corrected chi connectivity index (χ1v) is 9.78. The predicted octanol–water partition coefficient (Wildman–Crippen LogP) is 3.94. The number of hydrogen-bond donors (Lipinski definition) is 1. The second-order valence-corrected chi connectivity index (χ2v) is 7.52. The maximum Gasteiger partial charge on any atom is 0.256 e. The van der Waals surface area contributed by atoms with Gasteiger partial charge < -0.3 is 19.7 Å². The highest BCUT2D eigenvalue weighted by molar-refractivity contribution is 5.97. The highest BCUT2D eigenvalue weighted by Crippen LogP contribution is 2.20. The Morgan fingerprint density at radius 2 is 2.08 bits per heavy atom. The third kappa shape index (κ3) is 5.99. The number of carbonyl (C=O) groups excluding carboxylic acids is 1. The summed E-state index contributed by atoms with van der Waals surface area (Å²) in [5.74, 6) is 1.52. The van der Waals surface area contributed by atoms with Crippen LogP contribution in [0.2, 0.25) is 0 Å². The Morgan fingerprint density at radius 3 is 2.69 bits per heavy atom. The summed E-state index contributed by atoms with van der Waals surface area (Å²) in [5.41, 5.74) is -0.0532. The Hall–Kier alpha value is -1.59. The Balaban J connectivity index is 1.72. The van der Waals surface area contributed by atoms with E-state index in [1.54, 1.807) is 14.0 Å². The zero-order valence-corrected chi connectivity index (χ0v) is 16.7. The lowest BCUT2D eigenvalue weighted by atomic mass is 10.0. The van der Waals surface area contributed by atoms with Crippen LogP contribution in [0.4, 0.5) is 5.69 Å². The summed E-state index contributed by atoms with van der Waals surface area (Å²) in [6.45, 7) is 10.3. The average molecular weight is 363 g/mol. The molecule has 5 heteroatoms. The SMILES string of the molecule is CC[C@@](C)(OC)C(=O)Nc1ccc(OCCCN2CCC[C@@H](C)C2)cc1. The number of nitrogens with zero attached hydrogens (tertiary/aromatic N) is 1. The van der Waals surface area contributed by atoms with Gasteiger partial charge in [0.15, 0.2) is 0 Å². The number of methoxy groups -OCH3 is 1. The lowest BCUT2D eigenvalue weighted by Crippen LogP contribution is -2.41. The molecule has 0 radical (unpaired) electrons. The molecule has 1 N–H and O–H groups in total. The standard InChI is InChI=1S/C21H34N2O3/c1-5-21(3,25-4)20(24)22-18-9-11-19(12-10-18)26-15-7-14-23-13-6-8-17(2)16-23/h9-12,17H,5-8,13-16H2,1-4H3,(H,22,24)/t17-,21-/m1/s1. The number of nitrogens with one attached hydrogen (secondary N) is 1. The number of rotatable bonds is 9. The Kier molecular flexibility index (Phi) is 7.91. The molecule has 26 heavy (non-hydrogen) atoms. The van der Waals surface area contributed by atoms with E-state index in [4.69, 9.17) is 9.47 Å². The quantitative estimate of drug-likeness (QED) is 0.676. The minimum absolute atomic E-state index is 0.132. The first-order chi connectivity index (χ1) is 12.5. The first-order valence-electron chi connectivity index (χ1n) is 9.78. The number of ether oxygens (including phenoxy) is 2. The van der Waals surface area contributed by atoms with Crippen molar-refractivity contribution in [2.24, 2.45) is 5.92 Å². The molecule has 1 fully saturated rings. The molecule has 146 valence electrons. The van der Waals surface area contributed by atoms with Crippen molar-refractivity contribution >= 4 is 11.6 Å². The molecule has 1 amide bonds. The molecule has 1 aromatic carbocycles. The molecule has 1 heterocycles. The lowest BCUT2D eigenvalue weighted by Gasteiger charge is -2.30. The lowest BCUT2D eigenvalue weighted by molar-refractivity contribution is -0.136. The van der Waals surface area contributed by atoms with Gasteiger partial charge in [-0.2, -0.15) is 0 Å². The summed E-state index contributed by atoms with van der Waals surface area (Å²) < 4.78 is 11.2. The summed E-state index contributed by atoms with van der Waals surface area (Å²) in [4.78, 5) is 14.8. The van der Waals surface area contributed by atoms with Crippen molar-refractivity contribution in [1.29, 1.82) is 0 Å². The van der Waals surface area contributed by atoms with Gasteiger partial charge in [-0.3, -0.25) is 4.79 Å². The van der Waals surface area contributed by atoms with Gasteiger partial charge in [-0.05, 0) is 69.3 Å². The van der Waals surface area contributed by atoms with Crippen molar-refractivity contribution < 1.29 is 14.3 Å². The van der Waals surface area contributed by atoms with Crippen molar-refractivity contribution in [2.45, 2.75) is 52.1 Å². The van der Waals surface area contributed by atoms with Gasteiger partial charge in [0.25, 0.3) is 5.91 Å². The molecule has 1 aromatic rings. The fourth-order valence-electron chi connectivity index (χ4n) is 3.26. The fourth-order valence-corrected chi connectivity index (χ4v) is 3.26. The van der Waals surface area contributed by atoms with Crippen LogP contribution in [0.1, 0.15) is 46.5 Å². The van der Waals surface area contributed by atoms with Crippen LogP contribution < -0.4 is 10.1 Å². The van der Waals surface area contributed by atoms with Gasteiger partial charge in [-0.15, -0.1) is 0 Å².